The monoisotopic (exact) mass is 992 g/mol. The van der Waals surface area contributed by atoms with Crippen molar-refractivity contribution in [3.05, 3.63) is 169 Å². The molecule has 9 rings (SSSR count). The van der Waals surface area contributed by atoms with Crippen molar-refractivity contribution in [2.24, 2.45) is 0 Å². The third kappa shape index (κ3) is 7.89. The molecule has 0 amide bonds. The van der Waals surface area contributed by atoms with Crippen molar-refractivity contribution >= 4 is 44.6 Å². The van der Waals surface area contributed by atoms with Crippen molar-refractivity contribution < 1.29 is 25.8 Å². The van der Waals surface area contributed by atoms with Gasteiger partial charge in [0.1, 0.15) is 5.82 Å². The molecule has 0 radical (unpaired) electrons. The van der Waals surface area contributed by atoms with Crippen LogP contribution in [-0.4, -0.2) is 14.5 Å². The maximum Gasteiger partial charge on any atom is 0.135 e. The average Bonchev–Trinajstić information content (AvgIpc) is 3.79. The van der Waals surface area contributed by atoms with Gasteiger partial charge in [0.2, 0.25) is 0 Å². The van der Waals surface area contributed by atoms with Gasteiger partial charge in [0, 0.05) is 79.3 Å². The van der Waals surface area contributed by atoms with Crippen LogP contribution in [0.4, 0.5) is 22.7 Å². The molecule has 4 heterocycles. The van der Waals surface area contributed by atoms with Crippen LogP contribution in [0.3, 0.4) is 0 Å². The summed E-state index contributed by atoms with van der Waals surface area (Å²) in [6, 6.07) is 47.0. The van der Waals surface area contributed by atoms with Gasteiger partial charge >= 0.3 is 0 Å². The van der Waals surface area contributed by atoms with Crippen LogP contribution in [0.2, 0.25) is 0 Å². The molecule has 0 saturated carbocycles. The number of ether oxygens (including phenoxy) is 1. The second kappa shape index (κ2) is 15.9. The number of hydrogen-bond donors (Lipinski definition) is 0. The molecule has 0 spiro atoms. The first-order valence-corrected chi connectivity index (χ1v) is 20.8. The first-order valence-electron chi connectivity index (χ1n) is 20.8. The topological polar surface area (TPSA) is 70.2 Å². The normalized spacial score (nSPS) is 13.0. The van der Waals surface area contributed by atoms with E-state index in [-0.39, 0.29) is 37.3 Å². The molecule has 0 bridgehead atoms. The molecule has 0 unspecified atom stereocenters. The molecular formula is C54H49N6OPt-3. The number of nitrogens with zero attached hydrogens (tertiary/aromatic N) is 6. The van der Waals surface area contributed by atoms with Crippen LogP contribution in [0.5, 0.6) is 11.5 Å². The number of pyridine rings is 2. The van der Waals surface area contributed by atoms with E-state index in [1.807, 2.05) is 61.1 Å². The molecule has 62 heavy (non-hydrogen) atoms. The largest absolute Gasteiger partial charge is 0.509 e. The fraction of sp³-hybridized carbons (Fsp3) is 0.222. The first-order chi connectivity index (χ1) is 29.1. The van der Waals surface area contributed by atoms with Crippen LogP contribution in [0.1, 0.15) is 84.6 Å². The first kappa shape index (κ1) is 42.5. The van der Waals surface area contributed by atoms with E-state index in [1.54, 1.807) is 0 Å². The van der Waals surface area contributed by atoms with E-state index >= 15 is 0 Å². The third-order valence-corrected chi connectivity index (χ3v) is 11.5. The second-order valence-corrected chi connectivity index (χ2v) is 19.0. The number of fused-ring (bicyclic) bond motifs is 4. The zero-order valence-corrected chi connectivity index (χ0v) is 38.9. The molecule has 8 heteroatoms. The van der Waals surface area contributed by atoms with Crippen LogP contribution in [0.15, 0.2) is 128 Å². The zero-order valence-electron chi connectivity index (χ0n) is 36.6. The summed E-state index contributed by atoms with van der Waals surface area (Å²) in [4.78, 5) is 13.7. The van der Waals surface area contributed by atoms with Gasteiger partial charge in [-0.3, -0.25) is 4.98 Å². The zero-order chi connectivity index (χ0) is 42.8. The Balaban J connectivity index is 0.00000529. The van der Waals surface area contributed by atoms with E-state index < -0.39 is 0 Å². The van der Waals surface area contributed by atoms with E-state index in [2.05, 4.69) is 173 Å². The summed E-state index contributed by atoms with van der Waals surface area (Å²) in [6.45, 7) is 22.4. The van der Waals surface area contributed by atoms with E-state index in [0.717, 1.165) is 61.5 Å². The average molecular weight is 993 g/mol. The van der Waals surface area contributed by atoms with Crippen molar-refractivity contribution in [1.82, 2.24) is 14.5 Å². The van der Waals surface area contributed by atoms with Crippen LogP contribution >= 0.6 is 0 Å². The predicted octanol–water partition coefficient (Wildman–Crippen LogP) is 13.8. The maximum atomic E-state index is 9.79. The van der Waals surface area contributed by atoms with E-state index in [4.69, 9.17) is 9.72 Å². The Morgan fingerprint density at radius 2 is 1.34 bits per heavy atom. The summed E-state index contributed by atoms with van der Waals surface area (Å²) in [6.07, 6.45) is 5.55. The van der Waals surface area contributed by atoms with Gasteiger partial charge < -0.3 is 19.1 Å². The minimum Gasteiger partial charge on any atom is -0.509 e. The SMILES string of the molecule is CC(C)(C)c1cc(N2[CH-]N(c3[c-]c(Oc4[c-]c5c(cc4)c4cc(C#N)ccc4n5-c4cc(C(C)(C)C)ccn4)ccc3)c3cccc(-c4ccncc4)c32)cc(C(C)(C)C)c1.[Pt]. The van der Waals surface area contributed by atoms with Crippen molar-refractivity contribution in [3.8, 4) is 34.5 Å². The van der Waals surface area contributed by atoms with E-state index in [9.17, 15) is 5.26 Å². The van der Waals surface area contributed by atoms with Gasteiger partial charge in [-0.25, -0.2) is 4.98 Å². The number of para-hydroxylation sites is 1. The molecule has 0 aliphatic carbocycles. The second-order valence-electron chi connectivity index (χ2n) is 19.0. The van der Waals surface area contributed by atoms with Gasteiger partial charge in [-0.15, -0.1) is 48.1 Å². The standard InChI is InChI=1S/C54H49N6O.Pt/c1-52(2,3)37-22-25-57-50(30-37)60-47-19-16-35(33-55)26-46(47)45-18-17-43(32-49(45)60)61-42-13-10-12-40(31-42)58-34-59(41-28-38(53(4,5)6)27-39(29-41)54(7,8)9)51-44(14-11-15-48(51)58)36-20-23-56-24-21-36;/h10-30,34H,1-9H3;/q-3;. The fourth-order valence-electron chi connectivity index (χ4n) is 8.04. The summed E-state index contributed by atoms with van der Waals surface area (Å²) in [5, 5.41) is 11.7. The Labute approximate surface area is 379 Å². The Morgan fingerprint density at radius 3 is 2.03 bits per heavy atom. The minimum absolute atomic E-state index is 0. The van der Waals surface area contributed by atoms with Gasteiger partial charge in [0.15, 0.2) is 0 Å². The Bertz CT molecular complexity index is 2980. The minimum atomic E-state index is -0.0694. The molecule has 314 valence electrons. The molecule has 1 aliphatic heterocycles. The maximum absolute atomic E-state index is 9.79. The van der Waals surface area contributed by atoms with Crippen molar-refractivity contribution in [2.45, 2.75) is 78.6 Å². The Morgan fingerprint density at radius 1 is 0.645 bits per heavy atom. The molecule has 3 aromatic heterocycles. The summed E-state index contributed by atoms with van der Waals surface area (Å²) in [5.41, 5.74) is 12.1. The Hall–Kier alpha value is -6.22. The Kier molecular flexibility index (Phi) is 10.9. The smallest absolute Gasteiger partial charge is 0.135 e. The molecule has 8 aromatic rings. The molecule has 5 aromatic carbocycles. The third-order valence-electron chi connectivity index (χ3n) is 11.5. The molecule has 1 aliphatic rings. The van der Waals surface area contributed by atoms with Gasteiger partial charge in [-0.1, -0.05) is 86.0 Å². The summed E-state index contributed by atoms with van der Waals surface area (Å²) in [7, 11) is 0. The van der Waals surface area contributed by atoms with Crippen LogP contribution in [0.25, 0.3) is 38.8 Å². The van der Waals surface area contributed by atoms with Crippen LogP contribution in [-0.2, 0) is 37.3 Å². The van der Waals surface area contributed by atoms with Gasteiger partial charge in [-0.2, -0.15) is 17.4 Å². The van der Waals surface area contributed by atoms with Gasteiger partial charge in [-0.05, 0) is 105 Å². The van der Waals surface area contributed by atoms with E-state index in [1.165, 1.54) is 16.7 Å². The number of benzene rings is 5. The van der Waals surface area contributed by atoms with E-state index in [0.29, 0.717) is 17.1 Å². The number of aromatic nitrogens is 3. The molecule has 0 N–H and O–H groups in total. The fourth-order valence-corrected chi connectivity index (χ4v) is 8.04. The van der Waals surface area contributed by atoms with Gasteiger partial charge in [0.25, 0.3) is 0 Å². The summed E-state index contributed by atoms with van der Waals surface area (Å²) in [5.74, 6) is 1.87. The number of rotatable bonds is 6. The number of nitriles is 1. The molecular weight excluding hydrogens is 944 g/mol. The van der Waals surface area contributed by atoms with Crippen molar-refractivity contribution in [3.63, 3.8) is 0 Å². The predicted molar refractivity (Wildman–Crippen MR) is 248 cm³/mol. The molecule has 0 fully saturated rings. The van der Waals surface area contributed by atoms with Crippen molar-refractivity contribution in [2.75, 3.05) is 9.80 Å². The number of anilines is 4. The quantitative estimate of drug-likeness (QED) is 0.155. The summed E-state index contributed by atoms with van der Waals surface area (Å²) < 4.78 is 8.75. The number of hydrogen-bond acceptors (Lipinski definition) is 6. The summed E-state index contributed by atoms with van der Waals surface area (Å²) >= 11 is 0. The van der Waals surface area contributed by atoms with Crippen LogP contribution < -0.4 is 14.5 Å². The molecule has 0 saturated heterocycles. The van der Waals surface area contributed by atoms with Crippen LogP contribution in [0, 0.1) is 30.1 Å². The molecule has 7 nitrogen and oxygen atoms in total. The van der Waals surface area contributed by atoms with Crippen molar-refractivity contribution in [1.29, 1.82) is 5.26 Å². The molecule has 0 atom stereocenters. The van der Waals surface area contributed by atoms with Gasteiger partial charge in [0.05, 0.1) is 11.6 Å².